The van der Waals surface area contributed by atoms with Gasteiger partial charge in [-0.25, -0.2) is 0 Å². The van der Waals surface area contributed by atoms with E-state index in [0.717, 1.165) is 17.4 Å². The molecule has 0 spiro atoms. The van der Waals surface area contributed by atoms with Crippen molar-refractivity contribution in [1.29, 1.82) is 0 Å². The highest BCUT2D eigenvalue weighted by Gasteiger charge is 2.42. The molecule has 19 heavy (non-hydrogen) atoms. The second-order valence-electron chi connectivity index (χ2n) is 5.36. The van der Waals surface area contributed by atoms with Crippen LogP contribution in [0.3, 0.4) is 0 Å². The third-order valence-corrected chi connectivity index (χ3v) is 4.35. The van der Waals surface area contributed by atoms with Crippen molar-refractivity contribution in [3.05, 3.63) is 34.3 Å². The van der Waals surface area contributed by atoms with Crippen molar-refractivity contribution in [3.8, 4) is 0 Å². The number of rotatable bonds is 4. The zero-order chi connectivity index (χ0) is 14.0. The molecule has 1 aliphatic heterocycles. The SMILES string of the molecule is CC(Cc1ccc(Br)cc1)N1CCC(N)(C(=O)O)C1. The van der Waals surface area contributed by atoms with Gasteiger partial charge in [0.25, 0.3) is 0 Å². The highest BCUT2D eigenvalue weighted by molar-refractivity contribution is 9.10. The summed E-state index contributed by atoms with van der Waals surface area (Å²) in [7, 11) is 0. The topological polar surface area (TPSA) is 66.6 Å². The Morgan fingerprint density at radius 1 is 1.53 bits per heavy atom. The van der Waals surface area contributed by atoms with Crippen LogP contribution in [-0.4, -0.2) is 40.6 Å². The van der Waals surface area contributed by atoms with Gasteiger partial charge in [0.2, 0.25) is 0 Å². The minimum atomic E-state index is -1.08. The molecule has 104 valence electrons. The maximum absolute atomic E-state index is 11.1. The molecule has 0 saturated carbocycles. The van der Waals surface area contributed by atoms with Gasteiger partial charge >= 0.3 is 5.97 Å². The van der Waals surface area contributed by atoms with Gasteiger partial charge in [0.1, 0.15) is 5.54 Å². The fourth-order valence-electron chi connectivity index (χ4n) is 2.51. The van der Waals surface area contributed by atoms with Crippen LogP contribution < -0.4 is 5.73 Å². The molecular formula is C14H19BrN2O2. The second-order valence-corrected chi connectivity index (χ2v) is 6.28. The zero-order valence-electron chi connectivity index (χ0n) is 11.0. The fourth-order valence-corrected chi connectivity index (χ4v) is 2.77. The van der Waals surface area contributed by atoms with Gasteiger partial charge in [0, 0.05) is 23.6 Å². The lowest BCUT2D eigenvalue weighted by Gasteiger charge is -2.26. The Hall–Kier alpha value is -0.910. The van der Waals surface area contributed by atoms with Crippen LogP contribution in [0, 0.1) is 0 Å². The van der Waals surface area contributed by atoms with Crippen molar-refractivity contribution in [1.82, 2.24) is 4.90 Å². The van der Waals surface area contributed by atoms with Crippen LogP contribution in [0.5, 0.6) is 0 Å². The summed E-state index contributed by atoms with van der Waals surface area (Å²) in [5.41, 5.74) is 6.07. The van der Waals surface area contributed by atoms with Crippen molar-refractivity contribution in [3.63, 3.8) is 0 Å². The Balaban J connectivity index is 1.96. The molecule has 0 bridgehead atoms. The number of likely N-dealkylation sites (tertiary alicyclic amines) is 1. The summed E-state index contributed by atoms with van der Waals surface area (Å²) in [4.78, 5) is 13.3. The molecule has 1 saturated heterocycles. The number of carboxylic acid groups (broad SMARTS) is 1. The molecule has 3 N–H and O–H groups in total. The minimum absolute atomic E-state index is 0.297. The number of carbonyl (C=O) groups is 1. The van der Waals surface area contributed by atoms with Crippen molar-refractivity contribution < 1.29 is 9.90 Å². The third kappa shape index (κ3) is 3.35. The molecule has 1 aromatic rings. The Kier molecular flexibility index (Phi) is 4.28. The summed E-state index contributed by atoms with van der Waals surface area (Å²) in [6.07, 6.45) is 1.43. The lowest BCUT2D eigenvalue weighted by Crippen LogP contribution is -2.51. The predicted octanol–water partition coefficient (Wildman–Crippen LogP) is 1.87. The quantitative estimate of drug-likeness (QED) is 0.886. The van der Waals surface area contributed by atoms with Gasteiger partial charge in [0.15, 0.2) is 0 Å². The average Bonchev–Trinajstić information content (AvgIpc) is 2.76. The molecule has 4 nitrogen and oxygen atoms in total. The maximum Gasteiger partial charge on any atom is 0.325 e. The van der Waals surface area contributed by atoms with Crippen molar-refractivity contribution in [2.24, 2.45) is 5.73 Å². The van der Waals surface area contributed by atoms with Gasteiger partial charge < -0.3 is 10.8 Å². The lowest BCUT2D eigenvalue weighted by molar-refractivity contribution is -0.142. The first-order chi connectivity index (χ1) is 8.90. The van der Waals surface area contributed by atoms with Crippen molar-refractivity contribution in [2.45, 2.75) is 31.3 Å². The number of hydrogen-bond donors (Lipinski definition) is 2. The van der Waals surface area contributed by atoms with Crippen molar-refractivity contribution >= 4 is 21.9 Å². The van der Waals surface area contributed by atoms with E-state index in [0.29, 0.717) is 19.0 Å². The first kappa shape index (κ1) is 14.5. The molecule has 2 unspecified atom stereocenters. The minimum Gasteiger partial charge on any atom is -0.480 e. The van der Waals surface area contributed by atoms with Gasteiger partial charge in [-0.2, -0.15) is 0 Å². The second kappa shape index (κ2) is 5.61. The van der Waals surface area contributed by atoms with E-state index >= 15 is 0 Å². The van der Waals surface area contributed by atoms with Crippen LogP contribution in [0.1, 0.15) is 18.9 Å². The number of benzene rings is 1. The lowest BCUT2D eigenvalue weighted by atomic mass is 10.0. The Morgan fingerprint density at radius 3 is 2.68 bits per heavy atom. The number of hydrogen-bond acceptors (Lipinski definition) is 3. The first-order valence-corrected chi connectivity index (χ1v) is 7.21. The largest absolute Gasteiger partial charge is 0.480 e. The van der Waals surface area contributed by atoms with Gasteiger partial charge in [-0.15, -0.1) is 0 Å². The maximum atomic E-state index is 11.1. The zero-order valence-corrected chi connectivity index (χ0v) is 12.6. The highest BCUT2D eigenvalue weighted by atomic mass is 79.9. The Labute approximate surface area is 121 Å². The van der Waals surface area contributed by atoms with E-state index in [-0.39, 0.29) is 0 Å². The van der Waals surface area contributed by atoms with Crippen LogP contribution in [0.4, 0.5) is 0 Å². The van der Waals surface area contributed by atoms with E-state index in [1.165, 1.54) is 5.56 Å². The molecule has 1 heterocycles. The summed E-state index contributed by atoms with van der Waals surface area (Å²) in [6.45, 7) is 3.30. The molecule has 1 aromatic carbocycles. The van der Waals surface area contributed by atoms with Crippen LogP contribution in [0.15, 0.2) is 28.7 Å². The molecule has 0 aliphatic carbocycles. The van der Waals surface area contributed by atoms with E-state index in [1.54, 1.807) is 0 Å². The fraction of sp³-hybridized carbons (Fsp3) is 0.500. The van der Waals surface area contributed by atoms with Crippen LogP contribution >= 0.6 is 15.9 Å². The number of nitrogens with two attached hydrogens (primary N) is 1. The standard InChI is InChI=1S/C14H19BrN2O2/c1-10(8-11-2-4-12(15)5-3-11)17-7-6-14(16,9-17)13(18)19/h2-5,10H,6-9,16H2,1H3,(H,18,19). The van der Waals surface area contributed by atoms with E-state index in [9.17, 15) is 4.79 Å². The van der Waals surface area contributed by atoms with Gasteiger partial charge in [-0.3, -0.25) is 9.69 Å². The van der Waals surface area contributed by atoms with Crippen LogP contribution in [-0.2, 0) is 11.2 Å². The summed E-state index contributed by atoms with van der Waals surface area (Å²) in [6, 6.07) is 8.52. The van der Waals surface area contributed by atoms with E-state index < -0.39 is 11.5 Å². The molecule has 0 aromatic heterocycles. The molecule has 5 heteroatoms. The number of nitrogens with zero attached hydrogens (tertiary/aromatic N) is 1. The summed E-state index contributed by atoms with van der Waals surface area (Å²) in [5, 5.41) is 9.14. The highest BCUT2D eigenvalue weighted by Crippen LogP contribution is 2.23. The molecule has 0 radical (unpaired) electrons. The van der Waals surface area contributed by atoms with Crippen LogP contribution in [0.25, 0.3) is 0 Å². The average molecular weight is 327 g/mol. The Bertz CT molecular complexity index is 463. The van der Waals surface area contributed by atoms with Crippen LogP contribution in [0.2, 0.25) is 0 Å². The molecule has 1 fully saturated rings. The molecule has 2 atom stereocenters. The van der Waals surface area contributed by atoms with E-state index in [1.807, 2.05) is 12.1 Å². The summed E-state index contributed by atoms with van der Waals surface area (Å²) >= 11 is 3.42. The predicted molar refractivity (Wildman–Crippen MR) is 78.1 cm³/mol. The first-order valence-electron chi connectivity index (χ1n) is 6.41. The normalized spacial score (nSPS) is 25.4. The smallest absolute Gasteiger partial charge is 0.325 e. The van der Waals surface area contributed by atoms with Gasteiger partial charge in [0.05, 0.1) is 0 Å². The van der Waals surface area contributed by atoms with Gasteiger partial charge in [-0.05, 0) is 37.5 Å². The number of halogens is 1. The summed E-state index contributed by atoms with van der Waals surface area (Å²) < 4.78 is 1.07. The number of aliphatic carboxylic acids is 1. The third-order valence-electron chi connectivity index (χ3n) is 3.82. The van der Waals surface area contributed by atoms with E-state index in [4.69, 9.17) is 10.8 Å². The van der Waals surface area contributed by atoms with Gasteiger partial charge in [-0.1, -0.05) is 28.1 Å². The van der Waals surface area contributed by atoms with Crippen molar-refractivity contribution in [2.75, 3.05) is 13.1 Å². The molecular weight excluding hydrogens is 308 g/mol. The monoisotopic (exact) mass is 326 g/mol. The van der Waals surface area contributed by atoms with E-state index in [2.05, 4.69) is 39.9 Å². The molecule has 2 rings (SSSR count). The number of carboxylic acids is 1. The summed E-state index contributed by atoms with van der Waals surface area (Å²) in [5.74, 6) is -0.897. The molecule has 1 aliphatic rings. The molecule has 0 amide bonds. The Morgan fingerprint density at radius 2 is 2.16 bits per heavy atom.